The maximum Gasteiger partial charge on any atom is 0.149 e. The van der Waals surface area contributed by atoms with Gasteiger partial charge in [0.1, 0.15) is 9.84 Å². The zero-order valence-electron chi connectivity index (χ0n) is 9.92. The first kappa shape index (κ1) is 14.6. The van der Waals surface area contributed by atoms with E-state index in [1.165, 1.54) is 6.26 Å². The standard InChI is InChI=1S/C11H15Cl2NO2S/c1-7-4-10(13)11(5-9(7)12)14-8(2)6-17(3,15)16/h4-5,8,14H,6H2,1-3H3. The van der Waals surface area contributed by atoms with Gasteiger partial charge in [0.05, 0.1) is 16.5 Å². The van der Waals surface area contributed by atoms with Crippen molar-refractivity contribution in [2.24, 2.45) is 0 Å². The second-order valence-corrected chi connectivity index (χ2v) is 7.22. The average Bonchev–Trinajstić information content (AvgIpc) is 2.11. The minimum absolute atomic E-state index is 0.0504. The molecule has 96 valence electrons. The number of hydrogen-bond donors (Lipinski definition) is 1. The Morgan fingerprint density at radius 1 is 1.29 bits per heavy atom. The van der Waals surface area contributed by atoms with Crippen LogP contribution in [0.1, 0.15) is 12.5 Å². The van der Waals surface area contributed by atoms with Crippen LogP contribution in [0.3, 0.4) is 0 Å². The summed E-state index contributed by atoms with van der Waals surface area (Å²) in [6.07, 6.45) is 1.20. The summed E-state index contributed by atoms with van der Waals surface area (Å²) in [7, 11) is -3.01. The SMILES string of the molecule is Cc1cc(Cl)c(NC(C)CS(C)(=O)=O)cc1Cl. The van der Waals surface area contributed by atoms with E-state index in [1.807, 2.05) is 6.92 Å². The van der Waals surface area contributed by atoms with Crippen molar-refractivity contribution in [3.8, 4) is 0 Å². The van der Waals surface area contributed by atoms with E-state index in [2.05, 4.69) is 5.32 Å². The lowest BCUT2D eigenvalue weighted by molar-refractivity contribution is 0.598. The Bertz CT molecular complexity index is 514. The first-order valence-corrected chi connectivity index (χ1v) is 7.90. The molecule has 1 aromatic rings. The van der Waals surface area contributed by atoms with Crippen molar-refractivity contribution >= 4 is 38.7 Å². The molecule has 0 aromatic heterocycles. The summed E-state index contributed by atoms with van der Waals surface area (Å²) in [6.45, 7) is 3.64. The lowest BCUT2D eigenvalue weighted by Gasteiger charge is -2.16. The smallest absolute Gasteiger partial charge is 0.149 e. The van der Waals surface area contributed by atoms with Crippen LogP contribution in [0.5, 0.6) is 0 Å². The largest absolute Gasteiger partial charge is 0.380 e. The maximum absolute atomic E-state index is 11.1. The number of halogens is 2. The molecule has 0 aliphatic rings. The molecule has 0 aliphatic heterocycles. The number of aryl methyl sites for hydroxylation is 1. The molecule has 1 aromatic carbocycles. The molecular weight excluding hydrogens is 281 g/mol. The monoisotopic (exact) mass is 295 g/mol. The van der Waals surface area contributed by atoms with Crippen molar-refractivity contribution in [2.75, 3.05) is 17.3 Å². The summed E-state index contributed by atoms with van der Waals surface area (Å²) in [4.78, 5) is 0. The van der Waals surface area contributed by atoms with Crippen LogP contribution in [0.15, 0.2) is 12.1 Å². The Hall–Kier alpha value is -0.450. The van der Waals surface area contributed by atoms with Gasteiger partial charge >= 0.3 is 0 Å². The summed E-state index contributed by atoms with van der Waals surface area (Å²) in [6, 6.07) is 3.23. The molecule has 17 heavy (non-hydrogen) atoms. The molecule has 1 rings (SSSR count). The first-order valence-electron chi connectivity index (χ1n) is 5.09. The van der Waals surface area contributed by atoms with Crippen LogP contribution in [0.4, 0.5) is 5.69 Å². The number of benzene rings is 1. The molecule has 0 radical (unpaired) electrons. The van der Waals surface area contributed by atoms with E-state index in [9.17, 15) is 8.42 Å². The van der Waals surface area contributed by atoms with Gasteiger partial charge in [0.15, 0.2) is 0 Å². The highest BCUT2D eigenvalue weighted by Crippen LogP contribution is 2.29. The van der Waals surface area contributed by atoms with Gasteiger partial charge in [0, 0.05) is 17.3 Å². The third-order valence-electron chi connectivity index (χ3n) is 2.20. The normalized spacial score (nSPS) is 13.5. The molecule has 0 amide bonds. The summed E-state index contributed by atoms with van der Waals surface area (Å²) in [5.41, 5.74) is 1.54. The van der Waals surface area contributed by atoms with Gasteiger partial charge in [-0.1, -0.05) is 23.2 Å². The van der Waals surface area contributed by atoms with E-state index < -0.39 is 9.84 Å². The Labute approximate surface area is 112 Å². The number of anilines is 1. The van der Waals surface area contributed by atoms with E-state index in [4.69, 9.17) is 23.2 Å². The van der Waals surface area contributed by atoms with Gasteiger partial charge in [0.25, 0.3) is 0 Å². The van der Waals surface area contributed by atoms with Crippen molar-refractivity contribution in [1.29, 1.82) is 0 Å². The summed E-state index contributed by atoms with van der Waals surface area (Å²) >= 11 is 12.0. The van der Waals surface area contributed by atoms with Crippen LogP contribution in [0, 0.1) is 6.92 Å². The van der Waals surface area contributed by atoms with Gasteiger partial charge in [-0.2, -0.15) is 0 Å². The number of sulfone groups is 1. The highest BCUT2D eigenvalue weighted by atomic mass is 35.5. The van der Waals surface area contributed by atoms with Gasteiger partial charge in [-0.05, 0) is 31.5 Å². The molecule has 0 bridgehead atoms. The zero-order chi connectivity index (χ0) is 13.2. The highest BCUT2D eigenvalue weighted by molar-refractivity contribution is 7.90. The van der Waals surface area contributed by atoms with E-state index in [0.29, 0.717) is 15.7 Å². The number of nitrogens with one attached hydrogen (secondary N) is 1. The van der Waals surface area contributed by atoms with E-state index in [-0.39, 0.29) is 11.8 Å². The van der Waals surface area contributed by atoms with E-state index >= 15 is 0 Å². The highest BCUT2D eigenvalue weighted by Gasteiger charge is 2.12. The predicted molar refractivity (Wildman–Crippen MR) is 74.0 cm³/mol. The molecule has 0 saturated carbocycles. The molecular formula is C11H15Cl2NO2S. The molecule has 0 aliphatic carbocycles. The van der Waals surface area contributed by atoms with E-state index in [0.717, 1.165) is 5.56 Å². The zero-order valence-corrected chi connectivity index (χ0v) is 12.2. The second kappa shape index (κ2) is 5.46. The molecule has 1 N–H and O–H groups in total. The minimum atomic E-state index is -3.01. The van der Waals surface area contributed by atoms with Crippen LogP contribution in [0.2, 0.25) is 10.0 Å². The molecule has 0 saturated heterocycles. The van der Waals surface area contributed by atoms with Crippen LogP contribution >= 0.6 is 23.2 Å². The average molecular weight is 296 g/mol. The Morgan fingerprint density at radius 3 is 2.41 bits per heavy atom. The van der Waals surface area contributed by atoms with Crippen molar-refractivity contribution in [3.05, 3.63) is 27.7 Å². The van der Waals surface area contributed by atoms with Gasteiger partial charge in [0.2, 0.25) is 0 Å². The van der Waals surface area contributed by atoms with Crippen molar-refractivity contribution in [2.45, 2.75) is 19.9 Å². The summed E-state index contributed by atoms with van der Waals surface area (Å²) < 4.78 is 22.3. The Balaban J connectivity index is 2.85. The predicted octanol–water partition coefficient (Wildman–Crippen LogP) is 3.15. The Kier molecular flexibility index (Phi) is 4.69. The molecule has 1 atom stereocenters. The molecule has 0 heterocycles. The summed E-state index contributed by atoms with van der Waals surface area (Å²) in [5.74, 6) is 0.0504. The lowest BCUT2D eigenvalue weighted by atomic mass is 10.2. The van der Waals surface area contributed by atoms with Gasteiger partial charge in [-0.3, -0.25) is 0 Å². The van der Waals surface area contributed by atoms with Crippen molar-refractivity contribution in [3.63, 3.8) is 0 Å². The fourth-order valence-corrected chi connectivity index (χ4v) is 2.95. The van der Waals surface area contributed by atoms with Gasteiger partial charge < -0.3 is 5.32 Å². The quantitative estimate of drug-likeness (QED) is 0.928. The fraction of sp³-hybridized carbons (Fsp3) is 0.455. The second-order valence-electron chi connectivity index (χ2n) is 4.22. The van der Waals surface area contributed by atoms with E-state index in [1.54, 1.807) is 19.1 Å². The maximum atomic E-state index is 11.1. The van der Waals surface area contributed by atoms with Crippen molar-refractivity contribution in [1.82, 2.24) is 0 Å². The molecule has 0 spiro atoms. The van der Waals surface area contributed by atoms with Gasteiger partial charge in [-0.25, -0.2) is 8.42 Å². The first-order chi connectivity index (χ1) is 7.69. The van der Waals surface area contributed by atoms with Crippen LogP contribution in [0.25, 0.3) is 0 Å². The topological polar surface area (TPSA) is 46.2 Å². The van der Waals surface area contributed by atoms with Crippen LogP contribution in [-0.4, -0.2) is 26.5 Å². The molecule has 1 unspecified atom stereocenters. The van der Waals surface area contributed by atoms with Crippen molar-refractivity contribution < 1.29 is 8.42 Å². The minimum Gasteiger partial charge on any atom is -0.380 e. The van der Waals surface area contributed by atoms with Gasteiger partial charge in [-0.15, -0.1) is 0 Å². The Morgan fingerprint density at radius 2 is 1.88 bits per heavy atom. The summed E-state index contributed by atoms with van der Waals surface area (Å²) in [5, 5.41) is 4.17. The number of rotatable bonds is 4. The number of hydrogen-bond acceptors (Lipinski definition) is 3. The fourth-order valence-electron chi connectivity index (χ4n) is 1.52. The lowest BCUT2D eigenvalue weighted by Crippen LogP contribution is -2.25. The molecule has 6 heteroatoms. The third kappa shape index (κ3) is 4.74. The molecule has 3 nitrogen and oxygen atoms in total. The molecule has 0 fully saturated rings. The van der Waals surface area contributed by atoms with Crippen LogP contribution < -0.4 is 5.32 Å². The third-order valence-corrected chi connectivity index (χ3v) is 4.03. The van der Waals surface area contributed by atoms with Crippen LogP contribution in [-0.2, 0) is 9.84 Å².